The Kier molecular flexibility index (Phi) is 6.46. The number of sulfonamides is 2. The van der Waals surface area contributed by atoms with Crippen LogP contribution in [0.25, 0.3) is 0 Å². The van der Waals surface area contributed by atoms with E-state index >= 15 is 0 Å². The van der Waals surface area contributed by atoms with Gasteiger partial charge in [0.05, 0.1) is 12.0 Å². The molecule has 0 atom stereocenters. The standard InChI is InChI=1S/C19H23N3O6S2/c1-28-17-9-8-15(13-18(17)29(20,24)25)21-19(23)14-6-5-7-16(12-14)30(26,27)22-10-3-2-4-11-22/h5-9,12-13H,2-4,10-11H2,1H3,(H,21,23)(H2,20,24,25). The van der Waals surface area contributed by atoms with Gasteiger partial charge in [-0.2, -0.15) is 4.31 Å². The van der Waals surface area contributed by atoms with Gasteiger partial charge < -0.3 is 10.1 Å². The molecule has 0 aromatic heterocycles. The summed E-state index contributed by atoms with van der Waals surface area (Å²) >= 11 is 0. The second-order valence-electron chi connectivity index (χ2n) is 6.86. The van der Waals surface area contributed by atoms with Crippen molar-refractivity contribution in [3.05, 3.63) is 48.0 Å². The summed E-state index contributed by atoms with van der Waals surface area (Å²) in [6.07, 6.45) is 2.61. The van der Waals surface area contributed by atoms with Crippen LogP contribution in [-0.2, 0) is 20.0 Å². The monoisotopic (exact) mass is 453 g/mol. The quantitative estimate of drug-likeness (QED) is 0.684. The Morgan fingerprint density at radius 2 is 1.73 bits per heavy atom. The minimum Gasteiger partial charge on any atom is -0.495 e. The summed E-state index contributed by atoms with van der Waals surface area (Å²) in [6.45, 7) is 0.919. The maximum atomic E-state index is 12.8. The van der Waals surface area contributed by atoms with Crippen molar-refractivity contribution < 1.29 is 26.4 Å². The van der Waals surface area contributed by atoms with Crippen molar-refractivity contribution in [3.8, 4) is 5.75 Å². The van der Waals surface area contributed by atoms with E-state index in [2.05, 4.69) is 5.32 Å². The number of amides is 1. The second kappa shape index (κ2) is 8.72. The molecule has 1 amide bonds. The van der Waals surface area contributed by atoms with Crippen molar-refractivity contribution >= 4 is 31.6 Å². The highest BCUT2D eigenvalue weighted by Gasteiger charge is 2.26. The fraction of sp³-hybridized carbons (Fsp3) is 0.316. The number of ether oxygens (including phenoxy) is 1. The summed E-state index contributed by atoms with van der Waals surface area (Å²) in [7, 11) is -6.45. The Balaban J connectivity index is 1.86. The zero-order valence-electron chi connectivity index (χ0n) is 16.4. The molecule has 2 aromatic rings. The summed E-state index contributed by atoms with van der Waals surface area (Å²) in [5, 5.41) is 7.75. The number of primary sulfonamides is 1. The van der Waals surface area contributed by atoms with Crippen molar-refractivity contribution in [2.24, 2.45) is 5.14 Å². The Hall–Kier alpha value is -2.47. The van der Waals surface area contributed by atoms with Gasteiger partial charge in [0.2, 0.25) is 20.0 Å². The molecule has 0 unspecified atom stereocenters. The number of piperidine rings is 1. The van der Waals surface area contributed by atoms with E-state index in [1.807, 2.05) is 0 Å². The summed E-state index contributed by atoms with van der Waals surface area (Å²) in [4.78, 5) is 12.4. The second-order valence-corrected chi connectivity index (χ2v) is 10.3. The molecule has 1 heterocycles. The lowest BCUT2D eigenvalue weighted by Crippen LogP contribution is -2.35. The lowest BCUT2D eigenvalue weighted by atomic mass is 10.2. The van der Waals surface area contributed by atoms with E-state index < -0.39 is 26.0 Å². The Labute approximate surface area is 175 Å². The number of rotatable bonds is 6. The van der Waals surface area contributed by atoms with Gasteiger partial charge in [0.15, 0.2) is 0 Å². The SMILES string of the molecule is COc1ccc(NC(=O)c2cccc(S(=O)(=O)N3CCCCC3)c2)cc1S(N)(=O)=O. The summed E-state index contributed by atoms with van der Waals surface area (Å²) in [5.74, 6) is -0.540. The van der Waals surface area contributed by atoms with Gasteiger partial charge in [0, 0.05) is 24.3 Å². The molecule has 1 fully saturated rings. The zero-order chi connectivity index (χ0) is 21.9. The Morgan fingerprint density at radius 3 is 2.37 bits per heavy atom. The molecule has 1 aliphatic heterocycles. The molecule has 0 bridgehead atoms. The topological polar surface area (TPSA) is 136 Å². The number of benzene rings is 2. The van der Waals surface area contributed by atoms with E-state index in [1.165, 1.54) is 53.9 Å². The van der Waals surface area contributed by atoms with Crippen LogP contribution in [0.4, 0.5) is 5.69 Å². The van der Waals surface area contributed by atoms with Crippen LogP contribution in [0.5, 0.6) is 5.75 Å². The van der Waals surface area contributed by atoms with E-state index in [0.717, 1.165) is 19.3 Å². The number of nitrogens with two attached hydrogens (primary N) is 1. The predicted molar refractivity (Wildman–Crippen MR) is 111 cm³/mol. The van der Waals surface area contributed by atoms with Crippen LogP contribution in [0.2, 0.25) is 0 Å². The van der Waals surface area contributed by atoms with Gasteiger partial charge in [-0.25, -0.2) is 22.0 Å². The minimum atomic E-state index is -4.07. The molecule has 3 N–H and O–H groups in total. The first-order valence-corrected chi connectivity index (χ1v) is 12.2. The molecule has 162 valence electrons. The third-order valence-corrected chi connectivity index (χ3v) is 7.60. The molecular weight excluding hydrogens is 430 g/mol. The first-order chi connectivity index (χ1) is 14.1. The van der Waals surface area contributed by atoms with Crippen LogP contribution in [-0.4, -0.2) is 47.2 Å². The highest BCUT2D eigenvalue weighted by atomic mass is 32.2. The van der Waals surface area contributed by atoms with E-state index in [-0.39, 0.29) is 26.8 Å². The summed E-state index contributed by atoms with van der Waals surface area (Å²) in [6, 6.07) is 9.74. The van der Waals surface area contributed by atoms with Crippen LogP contribution < -0.4 is 15.2 Å². The Morgan fingerprint density at radius 1 is 1.03 bits per heavy atom. The summed E-state index contributed by atoms with van der Waals surface area (Å²) < 4.78 is 55.6. The van der Waals surface area contributed by atoms with E-state index in [9.17, 15) is 21.6 Å². The summed E-state index contributed by atoms with van der Waals surface area (Å²) in [5.41, 5.74) is 0.301. The van der Waals surface area contributed by atoms with Gasteiger partial charge in [0.1, 0.15) is 10.6 Å². The minimum absolute atomic E-state index is 0.0389. The highest BCUT2D eigenvalue weighted by molar-refractivity contribution is 7.89. The molecule has 0 spiro atoms. The zero-order valence-corrected chi connectivity index (χ0v) is 18.0. The molecule has 0 aliphatic carbocycles. The van der Waals surface area contributed by atoms with Gasteiger partial charge in [-0.05, 0) is 49.2 Å². The molecule has 1 saturated heterocycles. The largest absolute Gasteiger partial charge is 0.495 e. The number of carbonyl (C=O) groups is 1. The van der Waals surface area contributed by atoms with Crippen molar-refractivity contribution in [3.63, 3.8) is 0 Å². The molecular formula is C19H23N3O6S2. The normalized spacial score (nSPS) is 15.5. The molecule has 3 rings (SSSR count). The molecule has 1 aliphatic rings. The average molecular weight is 454 g/mol. The van der Waals surface area contributed by atoms with Crippen molar-refractivity contribution in [2.45, 2.75) is 29.1 Å². The van der Waals surface area contributed by atoms with Crippen molar-refractivity contribution in [2.75, 3.05) is 25.5 Å². The molecule has 30 heavy (non-hydrogen) atoms. The van der Waals surface area contributed by atoms with Gasteiger partial charge in [-0.15, -0.1) is 0 Å². The molecule has 11 heteroatoms. The molecule has 2 aromatic carbocycles. The predicted octanol–water partition coefficient (Wildman–Crippen LogP) is 1.77. The van der Waals surface area contributed by atoms with E-state index in [4.69, 9.17) is 9.88 Å². The number of methoxy groups -OCH3 is 1. The molecule has 0 saturated carbocycles. The third kappa shape index (κ3) is 4.81. The van der Waals surface area contributed by atoms with Crippen LogP contribution in [0.15, 0.2) is 52.3 Å². The van der Waals surface area contributed by atoms with Crippen LogP contribution >= 0.6 is 0 Å². The van der Waals surface area contributed by atoms with E-state index in [0.29, 0.717) is 13.1 Å². The van der Waals surface area contributed by atoms with Crippen molar-refractivity contribution in [1.29, 1.82) is 0 Å². The van der Waals surface area contributed by atoms with Crippen LogP contribution in [0.3, 0.4) is 0 Å². The van der Waals surface area contributed by atoms with E-state index in [1.54, 1.807) is 0 Å². The number of hydrogen-bond donors (Lipinski definition) is 2. The van der Waals surface area contributed by atoms with Crippen LogP contribution in [0.1, 0.15) is 29.6 Å². The number of nitrogens with one attached hydrogen (secondary N) is 1. The van der Waals surface area contributed by atoms with Crippen LogP contribution in [0, 0.1) is 0 Å². The lowest BCUT2D eigenvalue weighted by Gasteiger charge is -2.26. The fourth-order valence-corrected chi connectivity index (χ4v) is 5.52. The Bertz CT molecular complexity index is 1160. The van der Waals surface area contributed by atoms with Gasteiger partial charge in [0.25, 0.3) is 5.91 Å². The molecule has 9 nitrogen and oxygen atoms in total. The smallest absolute Gasteiger partial charge is 0.255 e. The third-order valence-electron chi connectivity index (χ3n) is 4.78. The first kappa shape index (κ1) is 22.2. The molecule has 0 radical (unpaired) electrons. The highest BCUT2D eigenvalue weighted by Crippen LogP contribution is 2.27. The lowest BCUT2D eigenvalue weighted by molar-refractivity contribution is 0.102. The van der Waals surface area contributed by atoms with Gasteiger partial charge >= 0.3 is 0 Å². The van der Waals surface area contributed by atoms with Crippen molar-refractivity contribution in [1.82, 2.24) is 4.31 Å². The number of hydrogen-bond acceptors (Lipinski definition) is 6. The average Bonchev–Trinajstić information content (AvgIpc) is 2.73. The van der Waals surface area contributed by atoms with Gasteiger partial charge in [-0.3, -0.25) is 4.79 Å². The maximum Gasteiger partial charge on any atom is 0.255 e. The number of carbonyl (C=O) groups excluding carboxylic acids is 1. The maximum absolute atomic E-state index is 12.8. The first-order valence-electron chi connectivity index (χ1n) is 9.25. The van der Waals surface area contributed by atoms with Gasteiger partial charge in [-0.1, -0.05) is 12.5 Å². The number of nitrogens with zero attached hydrogens (tertiary/aromatic N) is 1. The number of anilines is 1. The fourth-order valence-electron chi connectivity index (χ4n) is 3.23.